The predicted octanol–water partition coefficient (Wildman–Crippen LogP) is 4.55. The molecule has 0 atom stereocenters. The third kappa shape index (κ3) is 8.02. The van der Waals surface area contributed by atoms with Crippen LogP contribution in [0.3, 0.4) is 0 Å². The lowest BCUT2D eigenvalue weighted by molar-refractivity contribution is -0.134. The van der Waals surface area contributed by atoms with Crippen LogP contribution >= 0.6 is 0 Å². The van der Waals surface area contributed by atoms with Gasteiger partial charge in [0, 0.05) is 12.0 Å². The van der Waals surface area contributed by atoms with Gasteiger partial charge in [-0.3, -0.25) is 4.79 Å². The van der Waals surface area contributed by atoms with Crippen molar-refractivity contribution < 1.29 is 94.8 Å². The molecule has 0 unspecified atom stereocenters. The fraction of sp³-hybridized carbons (Fsp3) is 0.0444. The Kier molecular flexibility index (Phi) is 11.5. The number of hydrogen-bond donors (Lipinski definition) is 12. The average molecular weight is 875 g/mol. The Bertz CT molecular complexity index is 2890. The van der Waals surface area contributed by atoms with E-state index in [9.17, 15) is 94.8 Å². The molecule has 19 nitrogen and oxygen atoms in total. The second kappa shape index (κ2) is 16.7. The van der Waals surface area contributed by atoms with Crippen LogP contribution in [0.1, 0.15) is 85.2 Å². The Morgan fingerprint density at radius 2 is 0.844 bits per heavy atom. The van der Waals surface area contributed by atoms with E-state index >= 15 is 0 Å². The van der Waals surface area contributed by atoms with Crippen LogP contribution in [0.5, 0.6) is 28.7 Å². The molecule has 19 heteroatoms. The largest absolute Gasteiger partial charge is 0.507 e. The van der Waals surface area contributed by atoms with Crippen molar-refractivity contribution in [3.8, 4) is 28.7 Å². The average Bonchev–Trinajstić information content (AvgIpc) is 3.23. The van der Waals surface area contributed by atoms with Gasteiger partial charge in [0.25, 0.3) is 0 Å². The second-order valence-corrected chi connectivity index (χ2v) is 14.1. The molecule has 0 radical (unpaired) electrons. The third-order valence-corrected chi connectivity index (χ3v) is 10.2. The number of carbonyl (C=O) groups excluding carboxylic acids is 1. The van der Waals surface area contributed by atoms with Crippen LogP contribution in [0.25, 0.3) is 5.57 Å². The predicted molar refractivity (Wildman–Crippen MR) is 216 cm³/mol. The number of benzene rings is 5. The number of ketones is 1. The molecule has 0 aromatic heterocycles. The third-order valence-electron chi connectivity index (χ3n) is 10.2. The monoisotopic (exact) mass is 874 g/mol. The van der Waals surface area contributed by atoms with Crippen LogP contribution in [-0.4, -0.2) is 103 Å². The summed E-state index contributed by atoms with van der Waals surface area (Å²) in [5.41, 5.74) is -10.6. The molecule has 6 rings (SSSR count). The number of aliphatic carboxylic acids is 1. The normalized spacial score (nSPS) is 12.5. The molecule has 5 aromatic rings. The fourth-order valence-electron chi connectivity index (χ4n) is 7.12. The summed E-state index contributed by atoms with van der Waals surface area (Å²) in [7, 11) is 0. The summed E-state index contributed by atoms with van der Waals surface area (Å²) < 4.78 is 0. The van der Waals surface area contributed by atoms with Crippen molar-refractivity contribution in [2.45, 2.75) is 12.0 Å². The van der Waals surface area contributed by atoms with E-state index in [1.165, 1.54) is 12.1 Å². The van der Waals surface area contributed by atoms with E-state index < -0.39 is 144 Å². The van der Waals surface area contributed by atoms with Crippen molar-refractivity contribution in [3.05, 3.63) is 175 Å². The van der Waals surface area contributed by atoms with Crippen LogP contribution in [0.15, 0.2) is 114 Å². The van der Waals surface area contributed by atoms with E-state index in [2.05, 4.69) is 0 Å². The maximum Gasteiger partial charge on any atom is 0.339 e. The van der Waals surface area contributed by atoms with E-state index in [-0.39, 0.29) is 22.3 Å². The van der Waals surface area contributed by atoms with E-state index in [0.717, 1.165) is 84.9 Å². The number of carboxylic acids is 6. The Hall–Kier alpha value is -9.23. The van der Waals surface area contributed by atoms with Gasteiger partial charge in [-0.15, -0.1) is 0 Å². The maximum absolute atomic E-state index is 13.9. The molecule has 0 fully saturated rings. The second-order valence-electron chi connectivity index (χ2n) is 14.1. The number of phenols is 5. The Labute approximate surface area is 357 Å². The van der Waals surface area contributed by atoms with Crippen LogP contribution in [0.2, 0.25) is 0 Å². The highest BCUT2D eigenvalue weighted by Gasteiger charge is 2.38. The number of Topliss-reactive ketones (excluding diaryl/α,β-unsaturated/α-hetero) is 1. The lowest BCUT2D eigenvalue weighted by atomic mass is 9.77. The van der Waals surface area contributed by atoms with Gasteiger partial charge in [-0.1, -0.05) is 24.3 Å². The first-order valence-corrected chi connectivity index (χ1v) is 18.1. The minimum Gasteiger partial charge on any atom is -0.507 e. The van der Waals surface area contributed by atoms with E-state index in [0.29, 0.717) is 0 Å². The first kappa shape index (κ1) is 44.3. The molecule has 5 aromatic carbocycles. The highest BCUT2D eigenvalue weighted by Crippen LogP contribution is 2.43. The zero-order valence-electron chi connectivity index (χ0n) is 32.2. The van der Waals surface area contributed by atoms with E-state index in [1.807, 2.05) is 0 Å². The van der Waals surface area contributed by atoms with E-state index in [4.69, 9.17) is 0 Å². The zero-order valence-corrected chi connectivity index (χ0v) is 32.2. The lowest BCUT2D eigenvalue weighted by Gasteiger charge is -2.32. The number of aromatic hydroxyl groups is 5. The van der Waals surface area contributed by atoms with Crippen molar-refractivity contribution in [1.29, 1.82) is 0 Å². The number of carboxylic acid groups (broad SMARTS) is 6. The highest BCUT2D eigenvalue weighted by atomic mass is 16.4. The van der Waals surface area contributed by atoms with Crippen LogP contribution in [0.4, 0.5) is 0 Å². The molecular formula is C45H30O19. The molecule has 1 aliphatic carbocycles. The molecule has 0 aliphatic heterocycles. The number of carbonyl (C=O) groups is 7. The molecule has 0 saturated carbocycles. The number of hydrogen-bond acceptors (Lipinski definition) is 13. The van der Waals surface area contributed by atoms with Crippen molar-refractivity contribution in [2.75, 3.05) is 0 Å². The molecule has 0 spiro atoms. The summed E-state index contributed by atoms with van der Waals surface area (Å²) >= 11 is 0. The number of rotatable bonds is 13. The number of allylic oxidation sites excluding steroid dienone is 4. The lowest BCUT2D eigenvalue weighted by Crippen LogP contribution is -2.30. The first-order valence-electron chi connectivity index (χ1n) is 18.1. The molecule has 12 N–H and O–H groups in total. The van der Waals surface area contributed by atoms with Gasteiger partial charge in [0.1, 0.15) is 67.7 Å². The van der Waals surface area contributed by atoms with Gasteiger partial charge in [0.15, 0.2) is 5.78 Å². The standard InChI is InChI=1S/C45H30O19/c46-32-5-1-18(12-26(32)39(52)53)36(19-2-6-33(47)27(13-19)40(54)55)20-9-21(37(50)30(14-20)43(60)61)10-22-11-25(17-31(38(22)51)44(62)63)45(64,23-3-7-34(48)28(15-23)41(56)57)24-4-8-35(49)29(16-24)42(58)59/h1-9,11-17,46-49,51,64H,10H2,(H,52,53)(H,54,55)(H,56,57)(H,58,59)(H,60,61)(H,62,63). The van der Waals surface area contributed by atoms with Crippen molar-refractivity contribution in [3.63, 3.8) is 0 Å². The zero-order chi connectivity index (χ0) is 47.1. The highest BCUT2D eigenvalue weighted by molar-refractivity contribution is 6.25. The number of aromatic carboxylic acids is 5. The first-order chi connectivity index (χ1) is 30.0. The summed E-state index contributed by atoms with van der Waals surface area (Å²) in [5.74, 6) is -15.5. The van der Waals surface area contributed by atoms with Gasteiger partial charge in [-0.05, 0) is 117 Å². The minimum atomic E-state index is -2.81. The smallest absolute Gasteiger partial charge is 0.339 e. The summed E-state index contributed by atoms with van der Waals surface area (Å²) in [6.45, 7) is 0. The van der Waals surface area contributed by atoms with Gasteiger partial charge in [-0.2, -0.15) is 0 Å². The van der Waals surface area contributed by atoms with Gasteiger partial charge >= 0.3 is 35.8 Å². The van der Waals surface area contributed by atoms with E-state index in [1.54, 1.807) is 0 Å². The van der Waals surface area contributed by atoms with Crippen LogP contribution in [-0.2, 0) is 21.6 Å². The molecule has 1 aliphatic rings. The summed E-state index contributed by atoms with van der Waals surface area (Å²) in [6, 6.07) is 13.2. The minimum absolute atomic E-state index is 0.0921. The van der Waals surface area contributed by atoms with Crippen LogP contribution in [0, 0.1) is 0 Å². The van der Waals surface area contributed by atoms with Gasteiger partial charge in [-0.25, -0.2) is 28.8 Å². The summed E-state index contributed by atoms with van der Waals surface area (Å²) in [6.07, 6.45) is 1.05. The SMILES string of the molecule is O=C(O)C1=CC(=C(c2ccc(O)c(C(=O)O)c2)c2ccc(O)c(C(=O)O)c2)C=C(Cc2cc(C(O)(c3ccc(O)c(C(=O)O)c3)c3ccc(O)c(C(=O)O)c3)cc(C(=O)O)c2O)C1=O. The molecule has 324 valence electrons. The van der Waals surface area contributed by atoms with Gasteiger partial charge < -0.3 is 61.3 Å². The Morgan fingerprint density at radius 1 is 0.453 bits per heavy atom. The quantitative estimate of drug-likeness (QED) is 0.0570. The van der Waals surface area contributed by atoms with Crippen LogP contribution < -0.4 is 0 Å². The molecule has 0 amide bonds. The van der Waals surface area contributed by atoms with Crippen molar-refractivity contribution in [2.24, 2.45) is 0 Å². The number of aliphatic hydroxyl groups is 1. The van der Waals surface area contributed by atoms with Crippen molar-refractivity contribution >= 4 is 47.2 Å². The summed E-state index contributed by atoms with van der Waals surface area (Å²) in [5, 5.41) is 125. The topological polar surface area (TPSA) is 362 Å². The molecule has 0 bridgehead atoms. The molecule has 64 heavy (non-hydrogen) atoms. The maximum atomic E-state index is 13.9. The van der Waals surface area contributed by atoms with Crippen molar-refractivity contribution in [1.82, 2.24) is 0 Å². The Morgan fingerprint density at radius 3 is 1.25 bits per heavy atom. The molecule has 0 heterocycles. The Balaban J connectivity index is 1.68. The molecular weight excluding hydrogens is 844 g/mol. The molecule has 0 saturated heterocycles. The summed E-state index contributed by atoms with van der Waals surface area (Å²) in [4.78, 5) is 87.6. The van der Waals surface area contributed by atoms with Gasteiger partial charge in [0.05, 0.1) is 0 Å². The van der Waals surface area contributed by atoms with Gasteiger partial charge in [0.2, 0.25) is 0 Å². The fourth-order valence-corrected chi connectivity index (χ4v) is 7.12.